The zero-order valence-electron chi connectivity index (χ0n) is 5.56. The van der Waals surface area contributed by atoms with Gasteiger partial charge in [-0.1, -0.05) is 0 Å². The normalized spacial score (nSPS) is 9.90. The Balaban J connectivity index is 3.14. The maximum absolute atomic E-state index is 12.7. The third-order valence-electron chi connectivity index (χ3n) is 1.37. The first-order chi connectivity index (χ1) is 4.75. The van der Waals surface area contributed by atoms with Crippen LogP contribution >= 0.6 is 11.6 Å². The number of hydrogen-bond acceptors (Lipinski definition) is 1. The largest absolute Gasteiger partial charge is 0.260 e. The number of halogens is 2. The van der Waals surface area contributed by atoms with Crippen LogP contribution in [-0.4, -0.2) is 4.98 Å². The molecule has 0 amide bonds. The molecular formula is C7H7ClFN. The fraction of sp³-hybridized carbons (Fsp3) is 0.286. The maximum Gasteiger partial charge on any atom is 0.129 e. The van der Waals surface area contributed by atoms with Crippen molar-refractivity contribution in [3.05, 3.63) is 29.3 Å². The number of pyridine rings is 1. The van der Waals surface area contributed by atoms with Crippen LogP contribution in [0, 0.1) is 12.7 Å². The second kappa shape index (κ2) is 2.97. The molecule has 0 unspecified atom stereocenters. The average molecular weight is 160 g/mol. The average Bonchev–Trinajstić information content (AvgIpc) is 1.95. The summed E-state index contributed by atoms with van der Waals surface area (Å²) in [6, 6.07) is 1.32. The van der Waals surface area contributed by atoms with Crippen molar-refractivity contribution in [2.24, 2.45) is 0 Å². The molecular weight excluding hydrogens is 153 g/mol. The van der Waals surface area contributed by atoms with Gasteiger partial charge in [-0.3, -0.25) is 4.98 Å². The maximum atomic E-state index is 12.7. The summed E-state index contributed by atoms with van der Waals surface area (Å²) in [7, 11) is 0. The van der Waals surface area contributed by atoms with Gasteiger partial charge in [0.15, 0.2) is 0 Å². The molecule has 0 radical (unpaired) electrons. The van der Waals surface area contributed by atoms with Gasteiger partial charge in [0.1, 0.15) is 5.82 Å². The molecule has 0 aliphatic rings. The molecule has 0 fully saturated rings. The van der Waals surface area contributed by atoms with E-state index in [2.05, 4.69) is 4.98 Å². The molecule has 0 saturated carbocycles. The lowest BCUT2D eigenvalue weighted by atomic mass is 10.2. The highest BCUT2D eigenvalue weighted by molar-refractivity contribution is 6.16. The molecule has 54 valence electrons. The molecule has 1 aromatic rings. The van der Waals surface area contributed by atoms with Crippen LogP contribution < -0.4 is 0 Å². The first kappa shape index (κ1) is 7.48. The van der Waals surface area contributed by atoms with Crippen LogP contribution in [0.15, 0.2) is 12.3 Å². The van der Waals surface area contributed by atoms with E-state index in [0.717, 1.165) is 0 Å². The van der Waals surface area contributed by atoms with Crippen LogP contribution in [0.25, 0.3) is 0 Å². The van der Waals surface area contributed by atoms with Crippen LogP contribution in [-0.2, 0) is 5.88 Å². The predicted octanol–water partition coefficient (Wildman–Crippen LogP) is 2.27. The Labute approximate surface area is 63.8 Å². The molecule has 10 heavy (non-hydrogen) atoms. The molecule has 1 heterocycles. The van der Waals surface area contributed by atoms with Crippen molar-refractivity contribution in [3.8, 4) is 0 Å². The molecule has 0 aliphatic carbocycles. The minimum atomic E-state index is -0.245. The third kappa shape index (κ3) is 1.27. The number of rotatable bonds is 1. The first-order valence-corrected chi connectivity index (χ1v) is 3.45. The second-order valence-corrected chi connectivity index (χ2v) is 2.27. The van der Waals surface area contributed by atoms with E-state index in [4.69, 9.17) is 11.6 Å². The van der Waals surface area contributed by atoms with Gasteiger partial charge < -0.3 is 0 Å². The molecule has 0 atom stereocenters. The monoisotopic (exact) mass is 159 g/mol. The topological polar surface area (TPSA) is 12.9 Å². The van der Waals surface area contributed by atoms with Crippen molar-refractivity contribution >= 4 is 11.6 Å². The Morgan fingerprint density at radius 2 is 2.40 bits per heavy atom. The summed E-state index contributed by atoms with van der Waals surface area (Å²) in [5.74, 6) is 0.0227. The molecule has 3 heteroatoms. The molecule has 0 bridgehead atoms. The van der Waals surface area contributed by atoms with Crippen LogP contribution in [0.1, 0.15) is 11.3 Å². The van der Waals surface area contributed by atoms with Gasteiger partial charge in [-0.25, -0.2) is 4.39 Å². The van der Waals surface area contributed by atoms with Gasteiger partial charge in [0, 0.05) is 11.8 Å². The van der Waals surface area contributed by atoms with Crippen LogP contribution in [0.4, 0.5) is 4.39 Å². The van der Waals surface area contributed by atoms with E-state index in [1.165, 1.54) is 12.3 Å². The Bertz CT molecular complexity index is 237. The molecule has 0 aliphatic heterocycles. The van der Waals surface area contributed by atoms with E-state index in [9.17, 15) is 4.39 Å². The number of alkyl halides is 1. The summed E-state index contributed by atoms with van der Waals surface area (Å²) in [6.07, 6.45) is 1.42. The lowest BCUT2D eigenvalue weighted by molar-refractivity contribution is 0.613. The van der Waals surface area contributed by atoms with Crippen molar-refractivity contribution in [3.63, 3.8) is 0 Å². The molecule has 0 aromatic carbocycles. The first-order valence-electron chi connectivity index (χ1n) is 2.91. The lowest BCUT2D eigenvalue weighted by Gasteiger charge is -1.99. The Morgan fingerprint density at radius 3 is 2.90 bits per heavy atom. The van der Waals surface area contributed by atoms with Crippen LogP contribution in [0.5, 0.6) is 0 Å². The van der Waals surface area contributed by atoms with Crippen molar-refractivity contribution in [2.45, 2.75) is 12.8 Å². The fourth-order valence-electron chi connectivity index (χ4n) is 0.687. The summed E-state index contributed by atoms with van der Waals surface area (Å²) < 4.78 is 12.7. The van der Waals surface area contributed by atoms with Gasteiger partial charge in [-0.2, -0.15) is 0 Å². The molecule has 1 aromatic heterocycles. The molecule has 0 saturated heterocycles. The summed E-state index contributed by atoms with van der Waals surface area (Å²) in [5, 5.41) is 0. The summed E-state index contributed by atoms with van der Waals surface area (Å²) >= 11 is 5.48. The van der Waals surface area contributed by atoms with Crippen molar-refractivity contribution in [1.29, 1.82) is 0 Å². The summed E-state index contributed by atoms with van der Waals surface area (Å²) in [5.41, 5.74) is 1.15. The fourth-order valence-corrected chi connectivity index (χ4v) is 0.957. The molecule has 0 N–H and O–H groups in total. The van der Waals surface area contributed by atoms with E-state index in [1.54, 1.807) is 6.92 Å². The zero-order chi connectivity index (χ0) is 7.56. The van der Waals surface area contributed by atoms with Gasteiger partial charge in [-0.15, -0.1) is 11.6 Å². The highest BCUT2D eigenvalue weighted by Crippen LogP contribution is 2.10. The number of nitrogens with zero attached hydrogens (tertiary/aromatic N) is 1. The standard InChI is InChI=1S/C7H7ClFN/c1-5-6(9)2-3-10-7(5)4-8/h2-3H,4H2,1H3. The Morgan fingerprint density at radius 1 is 1.70 bits per heavy atom. The molecule has 1 nitrogen and oxygen atoms in total. The number of aromatic nitrogens is 1. The highest BCUT2D eigenvalue weighted by atomic mass is 35.5. The lowest BCUT2D eigenvalue weighted by Crippen LogP contribution is -1.92. The minimum Gasteiger partial charge on any atom is -0.260 e. The zero-order valence-corrected chi connectivity index (χ0v) is 6.32. The van der Waals surface area contributed by atoms with Gasteiger partial charge in [0.05, 0.1) is 11.6 Å². The van der Waals surface area contributed by atoms with Gasteiger partial charge in [-0.05, 0) is 13.0 Å². The van der Waals surface area contributed by atoms with Crippen LogP contribution in [0.3, 0.4) is 0 Å². The van der Waals surface area contributed by atoms with E-state index in [1.807, 2.05) is 0 Å². The van der Waals surface area contributed by atoms with Crippen molar-refractivity contribution in [2.75, 3.05) is 0 Å². The van der Waals surface area contributed by atoms with Crippen molar-refractivity contribution < 1.29 is 4.39 Å². The van der Waals surface area contributed by atoms with E-state index in [-0.39, 0.29) is 11.7 Å². The van der Waals surface area contributed by atoms with Gasteiger partial charge in [0.2, 0.25) is 0 Å². The quantitative estimate of drug-likeness (QED) is 0.573. The smallest absolute Gasteiger partial charge is 0.129 e. The van der Waals surface area contributed by atoms with E-state index < -0.39 is 0 Å². The van der Waals surface area contributed by atoms with E-state index >= 15 is 0 Å². The molecule has 0 spiro atoms. The Hall–Kier alpha value is -0.630. The van der Waals surface area contributed by atoms with Gasteiger partial charge >= 0.3 is 0 Å². The summed E-state index contributed by atoms with van der Waals surface area (Å²) in [6.45, 7) is 1.67. The summed E-state index contributed by atoms with van der Waals surface area (Å²) in [4.78, 5) is 3.89. The Kier molecular flexibility index (Phi) is 2.22. The van der Waals surface area contributed by atoms with Crippen LogP contribution in [0.2, 0.25) is 0 Å². The highest BCUT2D eigenvalue weighted by Gasteiger charge is 2.01. The van der Waals surface area contributed by atoms with Gasteiger partial charge in [0.25, 0.3) is 0 Å². The number of hydrogen-bond donors (Lipinski definition) is 0. The predicted molar refractivity (Wildman–Crippen MR) is 38.5 cm³/mol. The molecule has 1 rings (SSSR count). The van der Waals surface area contributed by atoms with E-state index in [0.29, 0.717) is 11.3 Å². The minimum absolute atomic E-state index is 0.245. The van der Waals surface area contributed by atoms with Crippen molar-refractivity contribution in [1.82, 2.24) is 4.98 Å². The third-order valence-corrected chi connectivity index (χ3v) is 1.62. The SMILES string of the molecule is Cc1c(F)ccnc1CCl. The second-order valence-electron chi connectivity index (χ2n) is 2.00.